The summed E-state index contributed by atoms with van der Waals surface area (Å²) in [6.07, 6.45) is 2.77. The summed E-state index contributed by atoms with van der Waals surface area (Å²) in [4.78, 5) is 50.1. The van der Waals surface area contributed by atoms with Gasteiger partial charge < -0.3 is 24.6 Å². The van der Waals surface area contributed by atoms with Crippen LogP contribution in [0.4, 0.5) is 10.1 Å². The summed E-state index contributed by atoms with van der Waals surface area (Å²) < 4.78 is 16.7. The molecule has 2 aromatic rings. The number of carboxylic acid groups (broad SMARTS) is 2. The fourth-order valence-corrected chi connectivity index (χ4v) is 3.98. The molecule has 2 N–H and O–H groups in total. The van der Waals surface area contributed by atoms with Crippen LogP contribution in [0.3, 0.4) is 0 Å². The molecule has 2 aliphatic rings. The third-order valence-corrected chi connectivity index (χ3v) is 5.80. The van der Waals surface area contributed by atoms with Crippen LogP contribution in [0, 0.1) is 5.82 Å². The van der Waals surface area contributed by atoms with Crippen molar-refractivity contribution in [1.82, 2.24) is 9.47 Å². The highest BCUT2D eigenvalue weighted by Gasteiger charge is 2.29. The lowest BCUT2D eigenvalue weighted by atomic mass is 10.1. The Morgan fingerprint density at radius 2 is 1.71 bits per heavy atom. The lowest BCUT2D eigenvalue weighted by Crippen LogP contribution is -2.49. The number of hydrogen-bond acceptors (Lipinski definition) is 5. The number of pyridine rings is 1. The van der Waals surface area contributed by atoms with Crippen LogP contribution in [0.15, 0.2) is 23.1 Å². The largest absolute Gasteiger partial charge is 0.481 e. The molecule has 10 heteroatoms. The number of rotatable bonds is 6. The molecule has 0 spiro atoms. The molecule has 2 fully saturated rings. The van der Waals surface area contributed by atoms with Gasteiger partial charge in [-0.25, -0.2) is 9.18 Å². The molecule has 0 unspecified atom stereocenters. The van der Waals surface area contributed by atoms with Gasteiger partial charge in [0.05, 0.1) is 17.6 Å². The van der Waals surface area contributed by atoms with Gasteiger partial charge in [0.1, 0.15) is 11.4 Å². The van der Waals surface area contributed by atoms with E-state index in [1.165, 1.54) is 6.20 Å². The minimum Gasteiger partial charge on any atom is -0.481 e. The summed E-state index contributed by atoms with van der Waals surface area (Å²) >= 11 is 0. The van der Waals surface area contributed by atoms with E-state index in [2.05, 4.69) is 0 Å². The van der Waals surface area contributed by atoms with Crippen molar-refractivity contribution in [2.45, 2.75) is 31.7 Å². The quantitative estimate of drug-likeness (QED) is 0.714. The van der Waals surface area contributed by atoms with E-state index in [0.717, 1.165) is 18.9 Å². The number of anilines is 1. The Balaban J connectivity index is 1.62. The maximum atomic E-state index is 14.9. The average molecular weight is 431 g/mol. The van der Waals surface area contributed by atoms with Gasteiger partial charge in [-0.2, -0.15) is 0 Å². The van der Waals surface area contributed by atoms with Gasteiger partial charge >= 0.3 is 11.9 Å². The maximum absolute atomic E-state index is 14.9. The predicted octanol–water partition coefficient (Wildman–Crippen LogP) is 1.69. The highest BCUT2D eigenvalue weighted by atomic mass is 19.1. The third kappa shape index (κ3) is 4.10. The zero-order valence-electron chi connectivity index (χ0n) is 16.7. The van der Waals surface area contributed by atoms with Crippen molar-refractivity contribution < 1.29 is 29.0 Å². The Bertz CT molecular complexity index is 1130. The van der Waals surface area contributed by atoms with Gasteiger partial charge in [0.25, 0.3) is 0 Å². The highest BCUT2D eigenvalue weighted by molar-refractivity contribution is 5.93. The van der Waals surface area contributed by atoms with Crippen molar-refractivity contribution in [3.63, 3.8) is 0 Å². The minimum atomic E-state index is -1.34. The number of aromatic carboxylic acids is 1. The predicted molar refractivity (Wildman–Crippen MR) is 109 cm³/mol. The number of aromatic nitrogens is 1. The average Bonchev–Trinajstić information content (AvgIpc) is 3.57. The number of carbonyl (C=O) groups is 3. The fourth-order valence-electron chi connectivity index (χ4n) is 3.98. The normalized spacial score (nSPS) is 16.5. The monoisotopic (exact) mass is 431 g/mol. The van der Waals surface area contributed by atoms with Gasteiger partial charge in [-0.3, -0.25) is 14.4 Å². The Kier molecular flexibility index (Phi) is 5.38. The molecule has 1 aromatic carbocycles. The number of carboxylic acids is 2. The van der Waals surface area contributed by atoms with Crippen LogP contribution >= 0.6 is 0 Å². The van der Waals surface area contributed by atoms with E-state index in [0.29, 0.717) is 37.4 Å². The first-order valence-electron chi connectivity index (χ1n) is 10.1. The van der Waals surface area contributed by atoms with Crippen LogP contribution in [-0.2, 0) is 9.59 Å². The van der Waals surface area contributed by atoms with E-state index in [1.807, 2.05) is 0 Å². The minimum absolute atomic E-state index is 0.0375. The van der Waals surface area contributed by atoms with Gasteiger partial charge in [0, 0.05) is 50.2 Å². The summed E-state index contributed by atoms with van der Waals surface area (Å²) in [5.74, 6) is -3.24. The molecule has 9 nitrogen and oxygen atoms in total. The molecular formula is C21H22FN3O6. The Hall–Kier alpha value is -3.43. The van der Waals surface area contributed by atoms with Crippen molar-refractivity contribution in [3.8, 4) is 0 Å². The van der Waals surface area contributed by atoms with Crippen molar-refractivity contribution in [2.24, 2.45) is 0 Å². The molecule has 0 bridgehead atoms. The van der Waals surface area contributed by atoms with Gasteiger partial charge in [-0.15, -0.1) is 0 Å². The molecule has 0 atom stereocenters. The van der Waals surface area contributed by atoms with Crippen molar-refractivity contribution in [3.05, 3.63) is 39.9 Å². The smallest absolute Gasteiger partial charge is 0.341 e. The zero-order chi connectivity index (χ0) is 22.3. The number of halogens is 1. The van der Waals surface area contributed by atoms with E-state index in [4.69, 9.17) is 5.11 Å². The van der Waals surface area contributed by atoms with Gasteiger partial charge in [0.15, 0.2) is 0 Å². The van der Waals surface area contributed by atoms with Crippen LogP contribution in [0.25, 0.3) is 10.9 Å². The molecule has 1 saturated heterocycles. The molecule has 1 aliphatic heterocycles. The molecule has 1 amide bonds. The van der Waals surface area contributed by atoms with E-state index in [9.17, 15) is 28.7 Å². The Morgan fingerprint density at radius 1 is 1.03 bits per heavy atom. The van der Waals surface area contributed by atoms with E-state index in [1.54, 1.807) is 20.4 Å². The number of aliphatic carboxylic acids is 1. The van der Waals surface area contributed by atoms with Crippen LogP contribution in [-0.4, -0.2) is 63.7 Å². The van der Waals surface area contributed by atoms with Gasteiger partial charge in [-0.05, 0) is 25.0 Å². The number of nitrogens with zero attached hydrogens (tertiary/aromatic N) is 3. The molecule has 1 saturated carbocycles. The highest BCUT2D eigenvalue weighted by Crippen LogP contribution is 2.38. The van der Waals surface area contributed by atoms with Crippen molar-refractivity contribution >= 4 is 34.4 Å². The van der Waals surface area contributed by atoms with Crippen LogP contribution in [0.2, 0.25) is 0 Å². The molecule has 1 aromatic heterocycles. The maximum Gasteiger partial charge on any atom is 0.341 e. The summed E-state index contributed by atoms with van der Waals surface area (Å²) in [7, 11) is 0. The molecule has 4 rings (SSSR count). The van der Waals surface area contributed by atoms with Crippen LogP contribution in [0.5, 0.6) is 0 Å². The molecule has 164 valence electrons. The summed E-state index contributed by atoms with van der Waals surface area (Å²) in [5.41, 5.74) is -0.297. The number of benzene rings is 1. The molecule has 2 heterocycles. The van der Waals surface area contributed by atoms with Gasteiger partial charge in [0.2, 0.25) is 11.3 Å². The van der Waals surface area contributed by atoms with E-state index in [-0.39, 0.29) is 35.7 Å². The second kappa shape index (κ2) is 8.01. The van der Waals surface area contributed by atoms with E-state index >= 15 is 0 Å². The lowest BCUT2D eigenvalue weighted by Gasteiger charge is -2.36. The second-order valence-corrected chi connectivity index (χ2v) is 7.90. The lowest BCUT2D eigenvalue weighted by molar-refractivity contribution is -0.141. The summed E-state index contributed by atoms with van der Waals surface area (Å²) in [5, 5.41) is 18.1. The molecule has 1 aliphatic carbocycles. The molecule has 31 heavy (non-hydrogen) atoms. The molecule has 0 radical (unpaired) electrons. The topological polar surface area (TPSA) is 120 Å². The Morgan fingerprint density at radius 3 is 2.29 bits per heavy atom. The zero-order valence-corrected chi connectivity index (χ0v) is 16.7. The Labute approximate surface area is 176 Å². The number of fused-ring (bicyclic) bond motifs is 1. The summed E-state index contributed by atoms with van der Waals surface area (Å²) in [6.45, 7) is 1.40. The van der Waals surface area contributed by atoms with Crippen LogP contribution < -0.4 is 10.3 Å². The fraction of sp³-hybridized carbons (Fsp3) is 0.429. The first-order chi connectivity index (χ1) is 14.8. The SMILES string of the molecule is O=C(O)CCC(=O)N1CCN(c2cc3c(cc2F)c(=O)c(C(=O)O)cn3C2CC2)CC1. The van der Waals surface area contributed by atoms with Crippen molar-refractivity contribution in [2.75, 3.05) is 31.1 Å². The number of hydrogen-bond donors (Lipinski definition) is 2. The standard InChI is InChI=1S/C21H22FN3O6/c22-15-9-13-16(25(12-1-2-12)11-14(20(13)29)21(30)31)10-17(15)23-5-7-24(8-6-23)18(26)3-4-19(27)28/h9-12H,1-8H2,(H,27,28)(H,30,31). The van der Waals surface area contributed by atoms with E-state index < -0.39 is 23.2 Å². The van der Waals surface area contributed by atoms with Crippen molar-refractivity contribution in [1.29, 1.82) is 0 Å². The van der Waals surface area contributed by atoms with Crippen LogP contribution in [0.1, 0.15) is 42.1 Å². The number of amides is 1. The van der Waals surface area contributed by atoms with Gasteiger partial charge in [-0.1, -0.05) is 0 Å². The third-order valence-electron chi connectivity index (χ3n) is 5.80. The first-order valence-corrected chi connectivity index (χ1v) is 10.1. The number of piperazine rings is 1. The second-order valence-electron chi connectivity index (χ2n) is 7.90. The first kappa shape index (κ1) is 20.8. The number of carbonyl (C=O) groups excluding carboxylic acids is 1. The molecular weight excluding hydrogens is 409 g/mol. The summed E-state index contributed by atoms with van der Waals surface area (Å²) in [6, 6.07) is 2.77.